The summed E-state index contributed by atoms with van der Waals surface area (Å²) < 4.78 is 0. The summed E-state index contributed by atoms with van der Waals surface area (Å²) in [6.45, 7) is 3.53. The van der Waals surface area contributed by atoms with Crippen molar-refractivity contribution < 1.29 is 0 Å². The molecule has 1 saturated heterocycles. The van der Waals surface area contributed by atoms with Crippen LogP contribution in [-0.2, 0) is 0 Å². The summed E-state index contributed by atoms with van der Waals surface area (Å²) in [6.07, 6.45) is 6.13. The summed E-state index contributed by atoms with van der Waals surface area (Å²) in [5.41, 5.74) is 1.61. The van der Waals surface area contributed by atoms with Gasteiger partial charge in [0, 0.05) is 12.1 Å². The van der Waals surface area contributed by atoms with Crippen LogP contribution in [0.1, 0.15) is 19.3 Å². The highest BCUT2D eigenvalue weighted by atomic mass is 35.5. The van der Waals surface area contributed by atoms with Crippen molar-refractivity contribution in [2.75, 3.05) is 19.6 Å². The van der Waals surface area contributed by atoms with Gasteiger partial charge in [-0.2, -0.15) is 0 Å². The predicted molar refractivity (Wildman–Crippen MR) is 45.3 cm³/mol. The van der Waals surface area contributed by atoms with Crippen LogP contribution in [0.15, 0.2) is 11.6 Å². The lowest BCUT2D eigenvalue weighted by molar-refractivity contribution is 0.251. The van der Waals surface area contributed by atoms with Gasteiger partial charge < -0.3 is 0 Å². The fourth-order valence-corrected chi connectivity index (χ4v) is 1.41. The van der Waals surface area contributed by atoms with Gasteiger partial charge in [-0.15, -0.1) is 0 Å². The second-order valence-electron chi connectivity index (χ2n) is 2.72. The quantitative estimate of drug-likeness (QED) is 0.598. The summed E-state index contributed by atoms with van der Waals surface area (Å²) in [7, 11) is 0. The molecule has 1 heterocycles. The zero-order valence-corrected chi connectivity index (χ0v) is 6.98. The monoisotopic (exact) mass is 159 g/mol. The second kappa shape index (κ2) is 4.75. The number of likely N-dealkylation sites (tertiary alicyclic amines) is 1. The summed E-state index contributed by atoms with van der Waals surface area (Å²) in [4.78, 5) is 2.43. The van der Waals surface area contributed by atoms with Crippen LogP contribution in [-0.4, -0.2) is 24.5 Å². The molecule has 0 atom stereocenters. The van der Waals surface area contributed by atoms with Crippen LogP contribution in [0, 0.1) is 0 Å². The summed E-state index contributed by atoms with van der Waals surface area (Å²) in [5.74, 6) is 0. The van der Waals surface area contributed by atoms with E-state index in [0.717, 1.165) is 6.54 Å². The smallest absolute Gasteiger partial charge is 0.0174 e. The number of rotatable bonds is 2. The molecule has 0 bridgehead atoms. The fraction of sp³-hybridized carbons (Fsp3) is 0.750. The van der Waals surface area contributed by atoms with Gasteiger partial charge in [-0.3, -0.25) is 4.90 Å². The second-order valence-corrected chi connectivity index (χ2v) is 2.97. The average molecular weight is 160 g/mol. The van der Waals surface area contributed by atoms with Crippen LogP contribution in [0.3, 0.4) is 0 Å². The van der Waals surface area contributed by atoms with E-state index in [0.29, 0.717) is 0 Å². The summed E-state index contributed by atoms with van der Waals surface area (Å²) in [6, 6.07) is 0. The van der Waals surface area contributed by atoms with Crippen molar-refractivity contribution in [3.8, 4) is 0 Å². The Kier molecular flexibility index (Phi) is 3.84. The highest BCUT2D eigenvalue weighted by Gasteiger charge is 2.06. The maximum absolute atomic E-state index is 5.41. The maximum Gasteiger partial charge on any atom is 0.0174 e. The van der Waals surface area contributed by atoms with Crippen LogP contribution in [0.2, 0.25) is 0 Å². The predicted octanol–water partition coefficient (Wildman–Crippen LogP) is 2.22. The van der Waals surface area contributed by atoms with Gasteiger partial charge in [-0.25, -0.2) is 0 Å². The van der Waals surface area contributed by atoms with E-state index < -0.39 is 0 Å². The molecule has 0 aliphatic carbocycles. The van der Waals surface area contributed by atoms with E-state index in [2.05, 4.69) is 4.90 Å². The zero-order valence-electron chi connectivity index (χ0n) is 6.22. The summed E-state index contributed by atoms with van der Waals surface area (Å²) >= 11 is 5.41. The lowest BCUT2D eigenvalue weighted by Crippen LogP contribution is -2.29. The first-order valence-electron chi connectivity index (χ1n) is 3.91. The Hall–Kier alpha value is -0.0100. The molecule has 0 aromatic heterocycles. The minimum Gasteiger partial charge on any atom is -0.300 e. The first kappa shape index (κ1) is 8.09. The molecule has 0 spiro atoms. The van der Waals surface area contributed by atoms with E-state index >= 15 is 0 Å². The van der Waals surface area contributed by atoms with Crippen LogP contribution in [0.5, 0.6) is 0 Å². The molecule has 1 rings (SSSR count). The molecule has 1 nitrogen and oxygen atoms in total. The van der Waals surface area contributed by atoms with Crippen LogP contribution in [0.4, 0.5) is 0 Å². The molecule has 0 N–H and O–H groups in total. The third kappa shape index (κ3) is 2.72. The zero-order chi connectivity index (χ0) is 7.23. The van der Waals surface area contributed by atoms with E-state index in [4.69, 9.17) is 11.6 Å². The Morgan fingerprint density at radius 1 is 1.20 bits per heavy atom. The average Bonchev–Trinajstić information content (AvgIpc) is 2.03. The minimum absolute atomic E-state index is 1.03. The van der Waals surface area contributed by atoms with Crippen molar-refractivity contribution in [3.63, 3.8) is 0 Å². The Morgan fingerprint density at radius 3 is 2.50 bits per heavy atom. The van der Waals surface area contributed by atoms with Gasteiger partial charge in [-0.05, 0) is 25.9 Å². The Balaban J connectivity index is 2.13. The molecule has 0 aromatic rings. The van der Waals surface area contributed by atoms with Gasteiger partial charge in [0.2, 0.25) is 0 Å². The van der Waals surface area contributed by atoms with Crippen molar-refractivity contribution in [3.05, 3.63) is 11.6 Å². The van der Waals surface area contributed by atoms with Crippen molar-refractivity contribution in [2.24, 2.45) is 0 Å². The standard InChI is InChI=1S/C8H14ClN/c9-5-4-8-10-6-2-1-3-7-10/h4-5H,1-3,6-8H2/b5-4+. The molecule has 0 saturated carbocycles. The van der Waals surface area contributed by atoms with E-state index in [1.807, 2.05) is 6.08 Å². The third-order valence-electron chi connectivity index (χ3n) is 1.90. The first-order valence-corrected chi connectivity index (χ1v) is 4.34. The Labute approximate surface area is 67.7 Å². The molecule has 10 heavy (non-hydrogen) atoms. The lowest BCUT2D eigenvalue weighted by atomic mass is 10.1. The van der Waals surface area contributed by atoms with Crippen LogP contribution < -0.4 is 0 Å². The van der Waals surface area contributed by atoms with Gasteiger partial charge in [0.15, 0.2) is 0 Å². The van der Waals surface area contributed by atoms with Gasteiger partial charge in [0.1, 0.15) is 0 Å². The highest BCUT2D eigenvalue weighted by molar-refractivity contribution is 6.25. The van der Waals surface area contributed by atoms with Gasteiger partial charge in [0.25, 0.3) is 0 Å². The number of hydrogen-bond acceptors (Lipinski definition) is 1. The maximum atomic E-state index is 5.41. The lowest BCUT2D eigenvalue weighted by Gasteiger charge is -2.24. The third-order valence-corrected chi connectivity index (χ3v) is 2.08. The molecular formula is C8H14ClN. The molecule has 0 unspecified atom stereocenters. The molecule has 1 aliphatic heterocycles. The number of nitrogens with zero attached hydrogens (tertiary/aromatic N) is 1. The molecule has 0 amide bonds. The molecular weight excluding hydrogens is 146 g/mol. The van der Waals surface area contributed by atoms with Gasteiger partial charge in [0.05, 0.1) is 0 Å². The van der Waals surface area contributed by atoms with E-state index in [1.54, 1.807) is 5.54 Å². The van der Waals surface area contributed by atoms with Crippen molar-refractivity contribution in [1.82, 2.24) is 4.90 Å². The largest absolute Gasteiger partial charge is 0.300 e. The van der Waals surface area contributed by atoms with E-state index in [1.165, 1.54) is 32.4 Å². The van der Waals surface area contributed by atoms with Crippen LogP contribution >= 0.6 is 11.6 Å². The van der Waals surface area contributed by atoms with Crippen molar-refractivity contribution in [2.45, 2.75) is 19.3 Å². The Morgan fingerprint density at radius 2 is 1.90 bits per heavy atom. The van der Waals surface area contributed by atoms with E-state index in [-0.39, 0.29) is 0 Å². The van der Waals surface area contributed by atoms with Gasteiger partial charge in [-0.1, -0.05) is 24.1 Å². The highest BCUT2D eigenvalue weighted by Crippen LogP contribution is 2.07. The SMILES string of the molecule is Cl/C=C/CN1CCCCC1. The first-order chi connectivity index (χ1) is 4.93. The normalized spacial score (nSPS) is 22.1. The number of hydrogen-bond donors (Lipinski definition) is 0. The number of piperidine rings is 1. The minimum atomic E-state index is 1.03. The molecule has 1 fully saturated rings. The number of halogens is 1. The molecule has 58 valence electrons. The van der Waals surface area contributed by atoms with Gasteiger partial charge >= 0.3 is 0 Å². The summed E-state index contributed by atoms with van der Waals surface area (Å²) in [5, 5.41) is 0. The van der Waals surface area contributed by atoms with Crippen LogP contribution in [0.25, 0.3) is 0 Å². The van der Waals surface area contributed by atoms with Crippen molar-refractivity contribution >= 4 is 11.6 Å². The molecule has 0 radical (unpaired) electrons. The van der Waals surface area contributed by atoms with E-state index in [9.17, 15) is 0 Å². The topological polar surface area (TPSA) is 3.24 Å². The molecule has 1 aliphatic rings. The Bertz CT molecular complexity index is 106. The van der Waals surface area contributed by atoms with Crippen molar-refractivity contribution in [1.29, 1.82) is 0 Å². The molecule has 2 heteroatoms. The molecule has 0 aromatic carbocycles. The fourth-order valence-electron chi connectivity index (χ4n) is 1.33.